The van der Waals surface area contributed by atoms with E-state index in [-0.39, 0.29) is 11.3 Å². The lowest BCUT2D eigenvalue weighted by atomic mass is 9.75. The predicted molar refractivity (Wildman–Crippen MR) is 105 cm³/mol. The normalized spacial score (nSPS) is 31.6. The molecule has 6 rings (SSSR count). The van der Waals surface area contributed by atoms with Gasteiger partial charge in [0.1, 0.15) is 5.00 Å². The summed E-state index contributed by atoms with van der Waals surface area (Å²) in [6.45, 7) is 0.331. The first kappa shape index (κ1) is 20.3. The van der Waals surface area contributed by atoms with Crippen molar-refractivity contribution >= 4 is 28.2 Å². The molecule has 5 aliphatic rings. The lowest BCUT2D eigenvalue weighted by Crippen LogP contribution is -2.38. The van der Waals surface area contributed by atoms with Crippen LogP contribution in [0, 0.1) is 23.2 Å². The van der Waals surface area contributed by atoms with Crippen molar-refractivity contribution < 1.29 is 27.5 Å². The van der Waals surface area contributed by atoms with Gasteiger partial charge in [-0.2, -0.15) is 13.2 Å². The number of fused-ring (bicyclic) bond motifs is 1. The maximum atomic E-state index is 13.4. The number of amides is 2. The number of carbonyl (C=O) groups excluding carboxylic acids is 2. The molecule has 0 spiro atoms. The van der Waals surface area contributed by atoms with Crippen molar-refractivity contribution in [3.63, 3.8) is 0 Å². The van der Waals surface area contributed by atoms with Crippen molar-refractivity contribution in [2.45, 2.75) is 57.7 Å². The molecule has 2 unspecified atom stereocenters. The minimum absolute atomic E-state index is 0.0129. The number of alkyl halides is 3. The zero-order valence-electron chi connectivity index (χ0n) is 16.6. The molecule has 164 valence electrons. The summed E-state index contributed by atoms with van der Waals surface area (Å²) in [4.78, 5) is 27.1. The Bertz CT molecular complexity index is 868. The van der Waals surface area contributed by atoms with E-state index < -0.39 is 25.0 Å². The van der Waals surface area contributed by atoms with Crippen LogP contribution in [0.2, 0.25) is 0 Å². The SMILES string of the molecule is O=C(NCCC(F)(F)F)c1c(NC(=O)C23CC4CC(CC2C4)C3)sc2c1CCOC2. The van der Waals surface area contributed by atoms with Crippen LogP contribution in [0.4, 0.5) is 18.2 Å². The number of thiophene rings is 1. The van der Waals surface area contributed by atoms with Crippen molar-refractivity contribution in [3.8, 4) is 0 Å². The summed E-state index contributed by atoms with van der Waals surface area (Å²) in [5.74, 6) is 1.11. The number of halogens is 3. The number of rotatable bonds is 5. The predicted octanol–water partition coefficient (Wildman–Crippen LogP) is 4.27. The van der Waals surface area contributed by atoms with Gasteiger partial charge in [-0.25, -0.2) is 0 Å². The summed E-state index contributed by atoms with van der Waals surface area (Å²) in [5, 5.41) is 5.89. The van der Waals surface area contributed by atoms with E-state index >= 15 is 0 Å². The van der Waals surface area contributed by atoms with Crippen LogP contribution in [0.5, 0.6) is 0 Å². The number of carbonyl (C=O) groups is 2. The second kappa shape index (κ2) is 7.22. The zero-order chi connectivity index (χ0) is 21.1. The standard InChI is InChI=1S/C21H25F3N2O3S/c22-21(23,24)2-3-25-17(27)16-14-1-4-29-10-15(14)30-18(16)26-19(28)20-8-11-5-12(9-20)7-13(20)6-11/h11-13H,1-10H2,(H,25,27)(H,26,28). The second-order valence-corrected chi connectivity index (χ2v) is 10.4. The molecular formula is C21H25F3N2O3S. The van der Waals surface area contributed by atoms with Gasteiger partial charge in [-0.05, 0) is 61.8 Å². The molecule has 0 saturated heterocycles. The smallest absolute Gasteiger partial charge is 0.376 e. The Hall–Kier alpha value is -1.61. The molecule has 0 radical (unpaired) electrons. The summed E-state index contributed by atoms with van der Waals surface area (Å²) in [6.07, 6.45) is 0.399. The number of hydrogen-bond donors (Lipinski definition) is 2. The van der Waals surface area contributed by atoms with Crippen LogP contribution in [0.1, 0.15) is 59.3 Å². The van der Waals surface area contributed by atoms with Crippen molar-refractivity contribution in [2.24, 2.45) is 23.2 Å². The number of nitrogens with one attached hydrogen (secondary N) is 2. The third-order valence-electron chi connectivity index (χ3n) is 7.41. The van der Waals surface area contributed by atoms with Crippen molar-refractivity contribution in [1.29, 1.82) is 0 Å². The topological polar surface area (TPSA) is 67.4 Å². The van der Waals surface area contributed by atoms with Crippen LogP contribution in [0.15, 0.2) is 0 Å². The van der Waals surface area contributed by atoms with E-state index in [1.54, 1.807) is 0 Å². The summed E-state index contributed by atoms with van der Waals surface area (Å²) in [6, 6.07) is 0. The van der Waals surface area contributed by atoms with Crippen LogP contribution in [0.25, 0.3) is 0 Å². The fourth-order valence-corrected chi connectivity index (χ4v) is 7.54. The quantitative estimate of drug-likeness (QED) is 0.716. The molecule has 2 atom stereocenters. The molecule has 2 heterocycles. The first-order valence-corrected chi connectivity index (χ1v) is 11.5. The Labute approximate surface area is 176 Å². The van der Waals surface area contributed by atoms with Gasteiger partial charge in [0.05, 0.1) is 30.6 Å². The summed E-state index contributed by atoms with van der Waals surface area (Å²) < 4.78 is 42.9. The molecule has 4 aliphatic carbocycles. The molecule has 4 bridgehead atoms. The van der Waals surface area contributed by atoms with E-state index in [0.29, 0.717) is 48.0 Å². The third kappa shape index (κ3) is 3.43. The highest BCUT2D eigenvalue weighted by Gasteiger charge is 2.61. The van der Waals surface area contributed by atoms with Crippen LogP contribution in [0.3, 0.4) is 0 Å². The van der Waals surface area contributed by atoms with E-state index in [2.05, 4.69) is 10.6 Å². The van der Waals surface area contributed by atoms with E-state index in [1.165, 1.54) is 17.8 Å². The molecule has 9 heteroatoms. The monoisotopic (exact) mass is 442 g/mol. The average Bonchev–Trinajstić information content (AvgIpc) is 3.24. The fraction of sp³-hybridized carbons (Fsp3) is 0.714. The first-order chi connectivity index (χ1) is 14.2. The molecule has 5 nitrogen and oxygen atoms in total. The van der Waals surface area contributed by atoms with Gasteiger partial charge in [-0.1, -0.05) is 0 Å². The highest BCUT2D eigenvalue weighted by Crippen LogP contribution is 2.65. The Morgan fingerprint density at radius 3 is 2.60 bits per heavy atom. The van der Waals surface area contributed by atoms with E-state index in [1.807, 2.05) is 0 Å². The van der Waals surface area contributed by atoms with Crippen LogP contribution in [-0.4, -0.2) is 31.1 Å². The molecule has 0 aromatic carbocycles. The van der Waals surface area contributed by atoms with Crippen LogP contribution < -0.4 is 10.6 Å². The lowest BCUT2D eigenvalue weighted by Gasteiger charge is -2.31. The number of hydrogen-bond acceptors (Lipinski definition) is 4. The maximum Gasteiger partial charge on any atom is 0.390 e. The van der Waals surface area contributed by atoms with Gasteiger partial charge >= 0.3 is 6.18 Å². The minimum Gasteiger partial charge on any atom is -0.376 e. The Kier molecular flexibility index (Phi) is 4.89. The molecule has 1 aromatic heterocycles. The zero-order valence-corrected chi connectivity index (χ0v) is 17.4. The van der Waals surface area contributed by atoms with Crippen molar-refractivity contribution in [3.05, 3.63) is 16.0 Å². The number of ether oxygens (including phenoxy) is 1. The molecule has 30 heavy (non-hydrogen) atoms. The Balaban J connectivity index is 1.38. The first-order valence-electron chi connectivity index (χ1n) is 10.6. The average molecular weight is 443 g/mol. The number of anilines is 1. The van der Waals surface area contributed by atoms with Crippen molar-refractivity contribution in [2.75, 3.05) is 18.5 Å². The van der Waals surface area contributed by atoms with Crippen LogP contribution >= 0.6 is 11.3 Å². The third-order valence-corrected chi connectivity index (χ3v) is 8.53. The molecule has 4 fully saturated rings. The summed E-state index contributed by atoms with van der Waals surface area (Å²) in [5.41, 5.74) is 0.780. The summed E-state index contributed by atoms with van der Waals surface area (Å²) >= 11 is 1.32. The summed E-state index contributed by atoms with van der Waals surface area (Å²) in [7, 11) is 0. The van der Waals surface area contributed by atoms with Crippen LogP contribution in [-0.2, 0) is 22.6 Å². The largest absolute Gasteiger partial charge is 0.390 e. The van der Waals surface area contributed by atoms with Gasteiger partial charge < -0.3 is 15.4 Å². The lowest BCUT2D eigenvalue weighted by molar-refractivity contribution is -0.133. The molecule has 1 aromatic rings. The van der Waals surface area contributed by atoms with E-state index in [4.69, 9.17) is 4.74 Å². The van der Waals surface area contributed by atoms with Gasteiger partial charge in [0.15, 0.2) is 0 Å². The van der Waals surface area contributed by atoms with Gasteiger partial charge in [0.25, 0.3) is 5.91 Å². The fourth-order valence-electron chi connectivity index (χ4n) is 6.36. The van der Waals surface area contributed by atoms with E-state index in [0.717, 1.165) is 36.1 Å². The highest BCUT2D eigenvalue weighted by atomic mass is 32.1. The minimum atomic E-state index is -4.33. The highest BCUT2D eigenvalue weighted by molar-refractivity contribution is 7.17. The van der Waals surface area contributed by atoms with Gasteiger partial charge in [-0.3, -0.25) is 9.59 Å². The molecular weight excluding hydrogens is 417 g/mol. The van der Waals surface area contributed by atoms with Gasteiger partial charge in [0, 0.05) is 11.4 Å². The maximum absolute atomic E-state index is 13.4. The molecule has 1 aliphatic heterocycles. The van der Waals surface area contributed by atoms with Gasteiger partial charge in [-0.15, -0.1) is 11.3 Å². The Morgan fingerprint density at radius 1 is 1.17 bits per heavy atom. The Morgan fingerprint density at radius 2 is 1.90 bits per heavy atom. The van der Waals surface area contributed by atoms with Gasteiger partial charge in [0.2, 0.25) is 5.91 Å². The molecule has 2 N–H and O–H groups in total. The molecule has 4 saturated carbocycles. The van der Waals surface area contributed by atoms with Crippen molar-refractivity contribution in [1.82, 2.24) is 5.32 Å². The molecule has 2 amide bonds. The van der Waals surface area contributed by atoms with E-state index in [9.17, 15) is 22.8 Å². The second-order valence-electron chi connectivity index (χ2n) is 9.29.